The first-order chi connectivity index (χ1) is 5.15. The van der Waals surface area contributed by atoms with E-state index in [0.29, 0.717) is 6.42 Å². The summed E-state index contributed by atoms with van der Waals surface area (Å²) in [6.07, 6.45) is 0.555. The van der Waals surface area contributed by atoms with Gasteiger partial charge < -0.3 is 5.73 Å². The molecule has 3 heteroatoms. The summed E-state index contributed by atoms with van der Waals surface area (Å²) in [5.41, 5.74) is 6.32. The van der Waals surface area contributed by atoms with Crippen molar-refractivity contribution < 1.29 is 4.79 Å². The van der Waals surface area contributed by atoms with Gasteiger partial charge in [-0.3, -0.25) is 4.79 Å². The van der Waals surface area contributed by atoms with Crippen molar-refractivity contribution in [2.45, 2.75) is 20.3 Å². The van der Waals surface area contributed by atoms with Gasteiger partial charge in [0.25, 0.3) is 0 Å². The molecule has 0 amide bonds. The van der Waals surface area contributed by atoms with Crippen molar-refractivity contribution in [3.8, 4) is 0 Å². The minimum Gasteiger partial charge on any atom is -0.398 e. The van der Waals surface area contributed by atoms with Gasteiger partial charge in [0.15, 0.2) is 5.78 Å². The van der Waals surface area contributed by atoms with Crippen molar-refractivity contribution in [1.82, 2.24) is 0 Å². The molecule has 0 atom stereocenters. The number of anilines is 1. The predicted octanol–water partition coefficient (Wildman–Crippen LogP) is 2.23. The van der Waals surface area contributed by atoms with Gasteiger partial charge in [0.1, 0.15) is 0 Å². The highest BCUT2D eigenvalue weighted by atomic mass is 32.1. The summed E-state index contributed by atoms with van der Waals surface area (Å²) < 4.78 is 0. The lowest BCUT2D eigenvalue weighted by Crippen LogP contribution is -1.91. The van der Waals surface area contributed by atoms with Gasteiger partial charge in [-0.1, -0.05) is 6.92 Å². The van der Waals surface area contributed by atoms with E-state index < -0.39 is 0 Å². The molecule has 60 valence electrons. The van der Waals surface area contributed by atoms with Crippen LogP contribution in [0.2, 0.25) is 0 Å². The Morgan fingerprint density at radius 2 is 2.36 bits per heavy atom. The van der Waals surface area contributed by atoms with Gasteiger partial charge in [-0.2, -0.15) is 0 Å². The standard InChI is InChI=1S/C8H11NOS/c1-3-7(10)8-4-6(9)5(2)11-8/h4H,3,9H2,1-2H3. The molecule has 0 aliphatic rings. The molecule has 1 aromatic heterocycles. The van der Waals surface area contributed by atoms with Crippen LogP contribution in [0.5, 0.6) is 0 Å². The van der Waals surface area contributed by atoms with Gasteiger partial charge >= 0.3 is 0 Å². The molecule has 0 aromatic carbocycles. The number of thiophene rings is 1. The van der Waals surface area contributed by atoms with Gasteiger partial charge in [-0.05, 0) is 13.0 Å². The molecular formula is C8H11NOS. The topological polar surface area (TPSA) is 43.1 Å². The molecule has 11 heavy (non-hydrogen) atoms. The SMILES string of the molecule is CCC(=O)c1cc(N)c(C)s1. The first-order valence-corrected chi connectivity index (χ1v) is 4.36. The number of ketones is 1. The lowest BCUT2D eigenvalue weighted by molar-refractivity contribution is 0.0992. The fourth-order valence-corrected chi connectivity index (χ4v) is 1.76. The van der Waals surface area contributed by atoms with Crippen LogP contribution < -0.4 is 5.73 Å². The van der Waals surface area contributed by atoms with Crippen molar-refractivity contribution >= 4 is 22.8 Å². The Labute approximate surface area is 70.0 Å². The summed E-state index contributed by atoms with van der Waals surface area (Å²) in [6.45, 7) is 3.78. The zero-order valence-corrected chi connectivity index (χ0v) is 7.49. The minimum atomic E-state index is 0.176. The number of carbonyl (C=O) groups excluding carboxylic acids is 1. The fourth-order valence-electron chi connectivity index (χ4n) is 0.808. The molecular weight excluding hydrogens is 158 g/mol. The van der Waals surface area contributed by atoms with Crippen LogP contribution in [-0.2, 0) is 0 Å². The molecule has 2 nitrogen and oxygen atoms in total. The summed E-state index contributed by atoms with van der Waals surface area (Å²) in [4.78, 5) is 12.9. The Bertz CT molecular complexity index is 258. The summed E-state index contributed by atoms with van der Waals surface area (Å²) in [5.74, 6) is 0.176. The highest BCUT2D eigenvalue weighted by Crippen LogP contribution is 2.24. The summed E-state index contributed by atoms with van der Waals surface area (Å²) in [6, 6.07) is 1.76. The molecule has 0 unspecified atom stereocenters. The van der Waals surface area contributed by atoms with Crippen LogP contribution in [0.1, 0.15) is 27.9 Å². The van der Waals surface area contributed by atoms with Crippen molar-refractivity contribution in [3.05, 3.63) is 15.8 Å². The summed E-state index contributed by atoms with van der Waals surface area (Å²) in [5, 5.41) is 0. The van der Waals surface area contributed by atoms with Crippen molar-refractivity contribution in [3.63, 3.8) is 0 Å². The Kier molecular flexibility index (Phi) is 2.29. The fraction of sp³-hybridized carbons (Fsp3) is 0.375. The van der Waals surface area contributed by atoms with Crippen LogP contribution >= 0.6 is 11.3 Å². The lowest BCUT2D eigenvalue weighted by Gasteiger charge is -1.87. The third-order valence-corrected chi connectivity index (χ3v) is 2.66. The molecule has 2 N–H and O–H groups in total. The minimum absolute atomic E-state index is 0.176. The first-order valence-electron chi connectivity index (χ1n) is 3.54. The zero-order chi connectivity index (χ0) is 8.43. The zero-order valence-electron chi connectivity index (χ0n) is 6.68. The van der Waals surface area contributed by atoms with Crippen LogP contribution in [0.25, 0.3) is 0 Å². The molecule has 0 saturated carbocycles. The van der Waals surface area contributed by atoms with Crippen LogP contribution in [-0.4, -0.2) is 5.78 Å². The second kappa shape index (κ2) is 3.05. The molecule has 0 aliphatic carbocycles. The maximum atomic E-state index is 11.1. The second-order valence-corrected chi connectivity index (χ2v) is 3.66. The Balaban J connectivity index is 2.97. The predicted molar refractivity (Wildman–Crippen MR) is 48.1 cm³/mol. The van der Waals surface area contributed by atoms with E-state index in [2.05, 4.69) is 0 Å². The van der Waals surface area contributed by atoms with Gasteiger partial charge in [0.05, 0.1) is 4.88 Å². The lowest BCUT2D eigenvalue weighted by atomic mass is 10.2. The second-order valence-electron chi connectivity index (χ2n) is 2.40. The van der Waals surface area contributed by atoms with E-state index in [4.69, 9.17) is 5.73 Å². The van der Waals surface area contributed by atoms with Gasteiger partial charge in [0.2, 0.25) is 0 Å². The Hall–Kier alpha value is -0.830. The van der Waals surface area contributed by atoms with E-state index in [0.717, 1.165) is 15.4 Å². The molecule has 0 radical (unpaired) electrons. The molecule has 0 saturated heterocycles. The molecule has 0 aliphatic heterocycles. The van der Waals surface area contributed by atoms with Gasteiger partial charge in [-0.25, -0.2) is 0 Å². The van der Waals surface area contributed by atoms with Crippen molar-refractivity contribution in [2.24, 2.45) is 0 Å². The largest absolute Gasteiger partial charge is 0.398 e. The van der Waals surface area contributed by atoms with E-state index in [-0.39, 0.29) is 5.78 Å². The average molecular weight is 169 g/mol. The van der Waals surface area contributed by atoms with Crippen LogP contribution in [0, 0.1) is 6.92 Å². The Morgan fingerprint density at radius 3 is 2.73 bits per heavy atom. The number of carbonyl (C=O) groups is 1. The molecule has 0 spiro atoms. The van der Waals surface area contributed by atoms with Crippen LogP contribution in [0.3, 0.4) is 0 Å². The Morgan fingerprint density at radius 1 is 1.73 bits per heavy atom. The highest BCUT2D eigenvalue weighted by molar-refractivity contribution is 7.14. The number of nitrogen functional groups attached to an aromatic ring is 1. The molecule has 0 fully saturated rings. The van der Waals surface area contributed by atoms with E-state index in [1.165, 1.54) is 11.3 Å². The highest BCUT2D eigenvalue weighted by Gasteiger charge is 2.07. The van der Waals surface area contributed by atoms with E-state index in [1.54, 1.807) is 6.07 Å². The summed E-state index contributed by atoms with van der Waals surface area (Å²) in [7, 11) is 0. The number of hydrogen-bond donors (Lipinski definition) is 1. The van der Waals surface area contributed by atoms with Crippen molar-refractivity contribution in [1.29, 1.82) is 0 Å². The third kappa shape index (κ3) is 1.60. The first kappa shape index (κ1) is 8.27. The number of aryl methyl sites for hydroxylation is 1. The van der Waals surface area contributed by atoms with Crippen LogP contribution in [0.15, 0.2) is 6.07 Å². The van der Waals surface area contributed by atoms with Gasteiger partial charge in [-0.15, -0.1) is 11.3 Å². The summed E-state index contributed by atoms with van der Waals surface area (Å²) >= 11 is 1.47. The van der Waals surface area contributed by atoms with Gasteiger partial charge in [0, 0.05) is 17.0 Å². The maximum Gasteiger partial charge on any atom is 0.172 e. The maximum absolute atomic E-state index is 11.1. The number of Topliss-reactive ketones (excluding diaryl/α,β-unsaturated/α-hetero) is 1. The van der Waals surface area contributed by atoms with E-state index >= 15 is 0 Å². The molecule has 0 bridgehead atoms. The molecule has 1 aromatic rings. The normalized spacial score (nSPS) is 10.0. The number of rotatable bonds is 2. The molecule has 1 heterocycles. The van der Waals surface area contributed by atoms with E-state index in [1.807, 2.05) is 13.8 Å². The third-order valence-electron chi connectivity index (χ3n) is 1.55. The number of hydrogen-bond acceptors (Lipinski definition) is 3. The quantitative estimate of drug-likeness (QED) is 0.690. The monoisotopic (exact) mass is 169 g/mol. The smallest absolute Gasteiger partial charge is 0.172 e. The van der Waals surface area contributed by atoms with Crippen LogP contribution in [0.4, 0.5) is 5.69 Å². The average Bonchev–Trinajstić information content (AvgIpc) is 2.31. The van der Waals surface area contributed by atoms with E-state index in [9.17, 15) is 4.79 Å². The van der Waals surface area contributed by atoms with Crippen molar-refractivity contribution in [2.75, 3.05) is 5.73 Å². The molecule has 1 rings (SSSR count). The number of nitrogens with two attached hydrogens (primary N) is 1.